The van der Waals surface area contributed by atoms with Crippen molar-refractivity contribution < 1.29 is 9.59 Å². The van der Waals surface area contributed by atoms with Crippen molar-refractivity contribution in [2.24, 2.45) is 5.73 Å². The Morgan fingerprint density at radius 2 is 1.86 bits per heavy atom. The molecule has 0 radical (unpaired) electrons. The Morgan fingerprint density at radius 3 is 2.14 bits per heavy atom. The van der Waals surface area contributed by atoms with Gasteiger partial charge in [-0.05, 0) is 34.2 Å². The molecule has 82 valence electrons. The van der Waals surface area contributed by atoms with Crippen molar-refractivity contribution in [3.63, 3.8) is 0 Å². The summed E-state index contributed by atoms with van der Waals surface area (Å²) in [5, 5.41) is 0. The molecule has 0 aromatic rings. The van der Waals surface area contributed by atoms with Crippen molar-refractivity contribution in [2.75, 3.05) is 7.05 Å². The standard InChI is InChI=1S/C10H20N2O2/c1-7(2)12(4)9(8(3)13)5-6-10(11)14/h7,9H,5-6H2,1-4H3,(H2,11,14)/t9-/m0/s1. The molecular weight excluding hydrogens is 180 g/mol. The molecule has 0 aliphatic rings. The summed E-state index contributed by atoms with van der Waals surface area (Å²) in [6, 6.07) is 0.0966. The van der Waals surface area contributed by atoms with Crippen LogP contribution in [0.15, 0.2) is 0 Å². The molecule has 0 aliphatic heterocycles. The third-order valence-corrected chi connectivity index (χ3v) is 2.44. The van der Waals surface area contributed by atoms with Gasteiger partial charge in [-0.1, -0.05) is 0 Å². The maximum absolute atomic E-state index is 11.3. The van der Waals surface area contributed by atoms with Gasteiger partial charge in [0.1, 0.15) is 5.78 Å². The molecule has 0 heterocycles. The van der Waals surface area contributed by atoms with Crippen molar-refractivity contribution in [2.45, 2.75) is 45.7 Å². The van der Waals surface area contributed by atoms with Gasteiger partial charge in [0.25, 0.3) is 0 Å². The highest BCUT2D eigenvalue weighted by Gasteiger charge is 2.21. The molecule has 2 N–H and O–H groups in total. The van der Waals surface area contributed by atoms with Crippen molar-refractivity contribution in [1.82, 2.24) is 4.90 Å². The predicted octanol–water partition coefficient (Wildman–Crippen LogP) is 0.550. The number of amides is 1. The molecule has 0 bridgehead atoms. The van der Waals surface area contributed by atoms with E-state index in [-0.39, 0.29) is 30.2 Å². The number of nitrogens with two attached hydrogens (primary N) is 1. The number of Topliss-reactive ketones (excluding diaryl/α,β-unsaturated/α-hetero) is 1. The van der Waals surface area contributed by atoms with Crippen LogP contribution in [0.4, 0.5) is 0 Å². The van der Waals surface area contributed by atoms with Crippen LogP contribution in [0.25, 0.3) is 0 Å². The maximum atomic E-state index is 11.3. The van der Waals surface area contributed by atoms with Gasteiger partial charge >= 0.3 is 0 Å². The van der Waals surface area contributed by atoms with E-state index in [1.165, 1.54) is 0 Å². The lowest BCUT2D eigenvalue weighted by molar-refractivity contribution is -0.123. The largest absolute Gasteiger partial charge is 0.370 e. The number of nitrogens with zero attached hydrogens (tertiary/aromatic N) is 1. The quantitative estimate of drug-likeness (QED) is 0.681. The second-order valence-corrected chi connectivity index (χ2v) is 3.89. The molecule has 0 spiro atoms. The zero-order chi connectivity index (χ0) is 11.3. The number of ketones is 1. The van der Waals surface area contributed by atoms with E-state index >= 15 is 0 Å². The predicted molar refractivity (Wildman–Crippen MR) is 55.8 cm³/mol. The lowest BCUT2D eigenvalue weighted by Crippen LogP contribution is -2.42. The van der Waals surface area contributed by atoms with Gasteiger partial charge in [-0.3, -0.25) is 14.5 Å². The number of carbonyl (C=O) groups is 2. The van der Waals surface area contributed by atoms with Crippen LogP contribution in [0, 0.1) is 0 Å². The third-order valence-electron chi connectivity index (χ3n) is 2.44. The van der Waals surface area contributed by atoms with E-state index in [2.05, 4.69) is 0 Å². The normalized spacial score (nSPS) is 13.3. The fraction of sp³-hybridized carbons (Fsp3) is 0.800. The van der Waals surface area contributed by atoms with Gasteiger partial charge in [0.2, 0.25) is 5.91 Å². The molecule has 0 unspecified atom stereocenters. The van der Waals surface area contributed by atoms with Crippen LogP contribution in [0.3, 0.4) is 0 Å². The number of primary amides is 1. The summed E-state index contributed by atoms with van der Waals surface area (Å²) < 4.78 is 0. The van der Waals surface area contributed by atoms with Gasteiger partial charge in [0.05, 0.1) is 6.04 Å². The smallest absolute Gasteiger partial charge is 0.217 e. The molecule has 14 heavy (non-hydrogen) atoms. The van der Waals surface area contributed by atoms with Crippen LogP contribution in [0.2, 0.25) is 0 Å². The Kier molecular flexibility index (Phi) is 5.38. The molecular formula is C10H20N2O2. The fourth-order valence-electron chi connectivity index (χ4n) is 1.33. The Balaban J connectivity index is 4.29. The van der Waals surface area contributed by atoms with E-state index < -0.39 is 0 Å². The summed E-state index contributed by atoms with van der Waals surface area (Å²) in [4.78, 5) is 23.9. The Morgan fingerprint density at radius 1 is 1.36 bits per heavy atom. The van der Waals surface area contributed by atoms with Crippen LogP contribution in [0.1, 0.15) is 33.6 Å². The average Bonchev–Trinajstić information content (AvgIpc) is 2.02. The van der Waals surface area contributed by atoms with Crippen molar-refractivity contribution in [3.8, 4) is 0 Å². The zero-order valence-electron chi connectivity index (χ0n) is 9.41. The van der Waals surface area contributed by atoms with E-state index in [0.717, 1.165) is 0 Å². The van der Waals surface area contributed by atoms with Crippen molar-refractivity contribution >= 4 is 11.7 Å². The first kappa shape index (κ1) is 13.1. The second kappa shape index (κ2) is 5.75. The molecule has 0 aromatic heterocycles. The fourth-order valence-corrected chi connectivity index (χ4v) is 1.33. The molecule has 0 fully saturated rings. The number of carbonyl (C=O) groups excluding carboxylic acids is 2. The summed E-state index contributed by atoms with van der Waals surface area (Å²) in [7, 11) is 1.89. The number of hydrogen-bond acceptors (Lipinski definition) is 3. The topological polar surface area (TPSA) is 63.4 Å². The maximum Gasteiger partial charge on any atom is 0.217 e. The first-order chi connectivity index (χ1) is 6.36. The van der Waals surface area contributed by atoms with E-state index in [9.17, 15) is 9.59 Å². The molecule has 0 aromatic carbocycles. The monoisotopic (exact) mass is 200 g/mol. The van der Waals surface area contributed by atoms with Gasteiger partial charge in [-0.2, -0.15) is 0 Å². The summed E-state index contributed by atoms with van der Waals surface area (Å²) in [6.07, 6.45) is 0.778. The van der Waals surface area contributed by atoms with E-state index in [1.54, 1.807) is 6.92 Å². The Hall–Kier alpha value is -0.900. The molecule has 0 saturated carbocycles. The van der Waals surface area contributed by atoms with Gasteiger partial charge in [0, 0.05) is 12.5 Å². The molecule has 0 rings (SSSR count). The van der Waals surface area contributed by atoms with Crippen LogP contribution >= 0.6 is 0 Å². The lowest BCUT2D eigenvalue weighted by Gasteiger charge is -2.29. The summed E-state index contributed by atoms with van der Waals surface area (Å²) in [5.41, 5.74) is 5.05. The van der Waals surface area contributed by atoms with Gasteiger partial charge in [-0.15, -0.1) is 0 Å². The lowest BCUT2D eigenvalue weighted by atomic mass is 10.0. The third kappa shape index (κ3) is 4.37. The van der Waals surface area contributed by atoms with Crippen LogP contribution in [0.5, 0.6) is 0 Å². The minimum absolute atomic E-state index is 0.0856. The van der Waals surface area contributed by atoms with Gasteiger partial charge in [-0.25, -0.2) is 0 Å². The first-order valence-electron chi connectivity index (χ1n) is 4.87. The average molecular weight is 200 g/mol. The van der Waals surface area contributed by atoms with Crippen molar-refractivity contribution in [3.05, 3.63) is 0 Å². The summed E-state index contributed by atoms with van der Waals surface area (Å²) in [5.74, 6) is -0.268. The molecule has 4 nitrogen and oxygen atoms in total. The molecule has 4 heteroatoms. The van der Waals surface area contributed by atoms with E-state index in [1.807, 2.05) is 25.8 Å². The Labute approximate surface area is 85.4 Å². The van der Waals surface area contributed by atoms with E-state index in [0.29, 0.717) is 6.42 Å². The van der Waals surface area contributed by atoms with Crippen LogP contribution < -0.4 is 5.73 Å². The van der Waals surface area contributed by atoms with Crippen molar-refractivity contribution in [1.29, 1.82) is 0 Å². The highest BCUT2D eigenvalue weighted by atomic mass is 16.1. The second-order valence-electron chi connectivity index (χ2n) is 3.89. The molecule has 1 amide bonds. The molecule has 0 aliphatic carbocycles. The van der Waals surface area contributed by atoms with E-state index in [4.69, 9.17) is 5.73 Å². The summed E-state index contributed by atoms with van der Waals surface area (Å²) in [6.45, 7) is 5.57. The SMILES string of the molecule is CC(=O)[C@H](CCC(N)=O)N(C)C(C)C. The highest BCUT2D eigenvalue weighted by molar-refractivity contribution is 5.82. The number of hydrogen-bond donors (Lipinski definition) is 1. The number of rotatable bonds is 6. The van der Waals surface area contributed by atoms with Crippen LogP contribution in [-0.2, 0) is 9.59 Å². The minimum Gasteiger partial charge on any atom is -0.370 e. The summed E-state index contributed by atoms with van der Waals surface area (Å²) >= 11 is 0. The van der Waals surface area contributed by atoms with Gasteiger partial charge < -0.3 is 5.73 Å². The highest BCUT2D eigenvalue weighted by Crippen LogP contribution is 2.09. The number of likely N-dealkylation sites (N-methyl/N-ethyl adjacent to an activating group) is 1. The van der Waals surface area contributed by atoms with Gasteiger partial charge in [0.15, 0.2) is 0 Å². The Bertz CT molecular complexity index is 214. The first-order valence-corrected chi connectivity index (χ1v) is 4.87. The molecule has 1 atom stereocenters. The minimum atomic E-state index is -0.353. The van der Waals surface area contributed by atoms with Crippen LogP contribution in [-0.4, -0.2) is 35.7 Å². The molecule has 0 saturated heterocycles. The zero-order valence-corrected chi connectivity index (χ0v) is 9.41.